The van der Waals surface area contributed by atoms with E-state index in [0.717, 1.165) is 35.5 Å². The summed E-state index contributed by atoms with van der Waals surface area (Å²) in [7, 11) is 0. The van der Waals surface area contributed by atoms with Gasteiger partial charge in [0, 0.05) is 6.42 Å². The van der Waals surface area contributed by atoms with E-state index in [0.29, 0.717) is 26.4 Å². The van der Waals surface area contributed by atoms with Crippen molar-refractivity contribution in [1.29, 1.82) is 0 Å². The molecule has 0 saturated carbocycles. The second-order valence-electron chi connectivity index (χ2n) is 4.39. The molecule has 0 spiro atoms. The minimum atomic E-state index is -0.565. The lowest BCUT2D eigenvalue weighted by Gasteiger charge is -2.15. The van der Waals surface area contributed by atoms with Gasteiger partial charge in [0.1, 0.15) is 6.10 Å². The molecule has 1 aromatic carbocycles. The maximum Gasteiger partial charge on any atom is 0.161 e. The third kappa shape index (κ3) is 2.10. The summed E-state index contributed by atoms with van der Waals surface area (Å²) in [6.07, 6.45) is 1.14. The van der Waals surface area contributed by atoms with Crippen molar-refractivity contribution in [3.05, 3.63) is 23.3 Å². The van der Waals surface area contributed by atoms with Gasteiger partial charge in [-0.25, -0.2) is 0 Å². The van der Waals surface area contributed by atoms with E-state index in [1.54, 1.807) is 0 Å². The number of benzene rings is 1. The molecule has 1 N–H and O–H groups in total. The first-order valence-corrected chi connectivity index (χ1v) is 6.03. The second-order valence-corrected chi connectivity index (χ2v) is 4.39. The predicted octanol–water partition coefficient (Wildman–Crippen LogP) is 1.45. The maximum atomic E-state index is 9.99. The van der Waals surface area contributed by atoms with Gasteiger partial charge in [0.15, 0.2) is 11.5 Å². The van der Waals surface area contributed by atoms with Gasteiger partial charge in [0.05, 0.1) is 26.4 Å². The summed E-state index contributed by atoms with van der Waals surface area (Å²) in [5.74, 6) is 1.53. The Morgan fingerprint density at radius 3 is 2.65 bits per heavy atom. The summed E-state index contributed by atoms with van der Waals surface area (Å²) in [5, 5.41) is 9.99. The van der Waals surface area contributed by atoms with Crippen LogP contribution in [0.4, 0.5) is 0 Å². The van der Waals surface area contributed by atoms with Crippen molar-refractivity contribution in [1.82, 2.24) is 0 Å². The van der Waals surface area contributed by atoms with E-state index < -0.39 is 6.10 Å². The molecule has 1 unspecified atom stereocenters. The van der Waals surface area contributed by atoms with Crippen molar-refractivity contribution in [2.24, 2.45) is 0 Å². The standard InChI is InChI=1S/C13H16O4/c14-11-8-15-5-2-9-6-12-13(7-10(9)11)17-4-1-3-16-12/h6-7,11,14H,1-5,8H2. The van der Waals surface area contributed by atoms with E-state index in [9.17, 15) is 5.11 Å². The SMILES string of the molecule is OC1COCCc2cc3c(cc21)OCCCO3. The van der Waals surface area contributed by atoms with E-state index in [-0.39, 0.29) is 0 Å². The van der Waals surface area contributed by atoms with Crippen LogP contribution in [-0.4, -0.2) is 31.5 Å². The molecule has 0 fully saturated rings. The van der Waals surface area contributed by atoms with Gasteiger partial charge in [0.25, 0.3) is 0 Å². The largest absolute Gasteiger partial charge is 0.490 e. The minimum Gasteiger partial charge on any atom is -0.490 e. The molecule has 0 amide bonds. The van der Waals surface area contributed by atoms with Crippen LogP contribution in [0.25, 0.3) is 0 Å². The Morgan fingerprint density at radius 1 is 1.06 bits per heavy atom. The Morgan fingerprint density at radius 2 is 1.82 bits per heavy atom. The zero-order chi connectivity index (χ0) is 11.7. The molecule has 0 radical (unpaired) electrons. The highest BCUT2D eigenvalue weighted by Crippen LogP contribution is 2.36. The van der Waals surface area contributed by atoms with Crippen molar-refractivity contribution >= 4 is 0 Å². The van der Waals surface area contributed by atoms with Gasteiger partial charge in [-0.15, -0.1) is 0 Å². The fourth-order valence-corrected chi connectivity index (χ4v) is 2.26. The van der Waals surface area contributed by atoms with Crippen LogP contribution >= 0.6 is 0 Å². The number of rotatable bonds is 0. The number of hydrogen-bond acceptors (Lipinski definition) is 4. The molecule has 2 aliphatic heterocycles. The van der Waals surface area contributed by atoms with Gasteiger partial charge in [-0.1, -0.05) is 0 Å². The van der Waals surface area contributed by atoms with Crippen LogP contribution in [0.3, 0.4) is 0 Å². The molecule has 2 heterocycles. The molecule has 1 atom stereocenters. The molecular weight excluding hydrogens is 220 g/mol. The third-order valence-corrected chi connectivity index (χ3v) is 3.16. The molecule has 4 nitrogen and oxygen atoms in total. The highest BCUT2D eigenvalue weighted by atomic mass is 16.5. The number of aliphatic hydroxyl groups excluding tert-OH is 1. The molecule has 17 heavy (non-hydrogen) atoms. The number of hydrogen-bond donors (Lipinski definition) is 1. The van der Waals surface area contributed by atoms with Crippen LogP contribution in [0.15, 0.2) is 12.1 Å². The van der Waals surface area contributed by atoms with Gasteiger partial charge in [-0.2, -0.15) is 0 Å². The van der Waals surface area contributed by atoms with Crippen molar-refractivity contribution in [2.45, 2.75) is 18.9 Å². The Bertz CT molecular complexity index is 416. The van der Waals surface area contributed by atoms with E-state index >= 15 is 0 Å². The average molecular weight is 236 g/mol. The van der Waals surface area contributed by atoms with Gasteiger partial charge >= 0.3 is 0 Å². The van der Waals surface area contributed by atoms with Crippen LogP contribution in [0, 0.1) is 0 Å². The molecule has 92 valence electrons. The van der Waals surface area contributed by atoms with Crippen LogP contribution in [-0.2, 0) is 11.2 Å². The van der Waals surface area contributed by atoms with Crippen molar-refractivity contribution in [2.75, 3.05) is 26.4 Å². The first kappa shape index (κ1) is 10.9. The van der Waals surface area contributed by atoms with E-state index in [1.165, 1.54) is 0 Å². The lowest BCUT2D eigenvalue weighted by molar-refractivity contribution is 0.0451. The van der Waals surface area contributed by atoms with E-state index in [1.807, 2.05) is 12.1 Å². The summed E-state index contributed by atoms with van der Waals surface area (Å²) < 4.78 is 16.6. The molecular formula is C13H16O4. The minimum absolute atomic E-state index is 0.354. The fraction of sp³-hybridized carbons (Fsp3) is 0.538. The van der Waals surface area contributed by atoms with Gasteiger partial charge < -0.3 is 19.3 Å². The zero-order valence-electron chi connectivity index (χ0n) is 9.65. The van der Waals surface area contributed by atoms with Crippen LogP contribution in [0.5, 0.6) is 11.5 Å². The highest BCUT2D eigenvalue weighted by molar-refractivity contribution is 5.49. The lowest BCUT2D eigenvalue weighted by Crippen LogP contribution is -2.05. The smallest absolute Gasteiger partial charge is 0.161 e. The van der Waals surface area contributed by atoms with Gasteiger partial charge in [-0.3, -0.25) is 0 Å². The zero-order valence-corrected chi connectivity index (χ0v) is 9.65. The quantitative estimate of drug-likeness (QED) is 0.740. The van der Waals surface area contributed by atoms with Crippen molar-refractivity contribution < 1.29 is 19.3 Å². The molecule has 0 saturated heterocycles. The Labute approximate surface area is 100 Å². The van der Waals surface area contributed by atoms with Crippen molar-refractivity contribution in [3.8, 4) is 11.5 Å². The Hall–Kier alpha value is -1.26. The van der Waals surface area contributed by atoms with Gasteiger partial charge in [0.2, 0.25) is 0 Å². The first-order chi connectivity index (χ1) is 8.34. The lowest BCUT2D eigenvalue weighted by atomic mass is 10.0. The average Bonchev–Trinajstić information content (AvgIpc) is 2.66. The fourth-order valence-electron chi connectivity index (χ4n) is 2.26. The normalized spacial score (nSPS) is 23.5. The summed E-state index contributed by atoms with van der Waals surface area (Å²) in [6, 6.07) is 3.88. The topological polar surface area (TPSA) is 47.9 Å². The third-order valence-electron chi connectivity index (χ3n) is 3.16. The summed E-state index contributed by atoms with van der Waals surface area (Å²) in [5.41, 5.74) is 2.01. The molecule has 1 aromatic rings. The molecule has 4 heteroatoms. The van der Waals surface area contributed by atoms with E-state index in [4.69, 9.17) is 14.2 Å². The molecule has 2 aliphatic rings. The monoisotopic (exact) mass is 236 g/mol. The molecule has 3 rings (SSSR count). The van der Waals surface area contributed by atoms with Crippen molar-refractivity contribution in [3.63, 3.8) is 0 Å². The number of ether oxygens (including phenoxy) is 3. The second kappa shape index (κ2) is 4.55. The highest BCUT2D eigenvalue weighted by Gasteiger charge is 2.21. The molecule has 0 bridgehead atoms. The summed E-state index contributed by atoms with van der Waals surface area (Å²) in [6.45, 7) is 2.35. The Kier molecular flexibility index (Phi) is 2.91. The van der Waals surface area contributed by atoms with E-state index in [2.05, 4.69) is 0 Å². The predicted molar refractivity (Wildman–Crippen MR) is 61.5 cm³/mol. The van der Waals surface area contributed by atoms with Gasteiger partial charge in [-0.05, 0) is 29.7 Å². The van der Waals surface area contributed by atoms with Crippen LogP contribution < -0.4 is 9.47 Å². The first-order valence-electron chi connectivity index (χ1n) is 6.03. The Balaban J connectivity index is 2.03. The van der Waals surface area contributed by atoms with Crippen LogP contribution in [0.1, 0.15) is 23.7 Å². The van der Waals surface area contributed by atoms with Crippen LogP contribution in [0.2, 0.25) is 0 Å². The summed E-state index contributed by atoms with van der Waals surface area (Å²) in [4.78, 5) is 0. The number of fused-ring (bicyclic) bond motifs is 2. The number of aliphatic hydroxyl groups is 1. The summed E-state index contributed by atoms with van der Waals surface area (Å²) >= 11 is 0. The maximum absolute atomic E-state index is 9.99. The molecule has 0 aliphatic carbocycles. The molecule has 0 aromatic heterocycles.